The smallest absolute Gasteiger partial charge is 0.368 e. The van der Waals surface area contributed by atoms with Gasteiger partial charge in [0.25, 0.3) is 0 Å². The topological polar surface area (TPSA) is 41.4 Å². The number of rotatable bonds is 5. The van der Waals surface area contributed by atoms with E-state index in [1.807, 2.05) is 11.8 Å². The number of hydrogen-bond acceptors (Lipinski definition) is 3. The van der Waals surface area contributed by atoms with Crippen LogP contribution in [0.3, 0.4) is 0 Å². The Morgan fingerprint density at radius 2 is 1.90 bits per heavy atom. The summed E-state index contributed by atoms with van der Waals surface area (Å²) in [7, 11) is 0. The third-order valence-electron chi connectivity index (χ3n) is 5.17. The van der Waals surface area contributed by atoms with Crippen LogP contribution in [0, 0.1) is 12.8 Å². The summed E-state index contributed by atoms with van der Waals surface area (Å²) in [5.74, 6) is 0.235. The molecule has 168 valence electrons. The Balaban J connectivity index is 1.62. The van der Waals surface area contributed by atoms with Crippen LogP contribution in [-0.2, 0) is 17.5 Å². The number of amides is 1. The van der Waals surface area contributed by atoms with Gasteiger partial charge in [-0.15, -0.1) is 0 Å². The fourth-order valence-electron chi connectivity index (χ4n) is 3.55. The number of hydrogen-bond donors (Lipinski definition) is 0. The molecule has 1 aliphatic rings. The number of carbonyl (C=O) groups excluding carboxylic acids is 1. The largest absolute Gasteiger partial charge is 0.416 e. The van der Waals surface area contributed by atoms with E-state index >= 15 is 0 Å². The lowest BCUT2D eigenvalue weighted by Gasteiger charge is -2.35. The molecule has 1 aromatic carbocycles. The van der Waals surface area contributed by atoms with Gasteiger partial charge >= 0.3 is 6.18 Å². The molecule has 9 heteroatoms. The average molecular weight is 455 g/mol. The molecule has 1 amide bonds. The highest BCUT2D eigenvalue weighted by Crippen LogP contribution is 2.32. The maximum Gasteiger partial charge on any atom is 0.416 e. The van der Waals surface area contributed by atoms with E-state index in [-0.39, 0.29) is 5.91 Å². The van der Waals surface area contributed by atoms with E-state index in [4.69, 9.17) is 11.6 Å². The molecule has 31 heavy (non-hydrogen) atoms. The maximum atomic E-state index is 13.0. The lowest BCUT2D eigenvalue weighted by atomic mass is 10.1. The highest BCUT2D eigenvalue weighted by molar-refractivity contribution is 6.31. The van der Waals surface area contributed by atoms with Gasteiger partial charge < -0.3 is 9.80 Å². The summed E-state index contributed by atoms with van der Waals surface area (Å²) in [5, 5.41) is 4.93. The van der Waals surface area contributed by atoms with Crippen molar-refractivity contribution < 1.29 is 18.0 Å². The number of benzene rings is 1. The summed E-state index contributed by atoms with van der Waals surface area (Å²) in [5.41, 5.74) is 1.32. The minimum atomic E-state index is -4.37. The Labute approximate surface area is 185 Å². The molecule has 0 saturated carbocycles. The van der Waals surface area contributed by atoms with E-state index in [0.29, 0.717) is 49.5 Å². The first kappa shape index (κ1) is 23.2. The lowest BCUT2D eigenvalue weighted by molar-refractivity contribution is -0.137. The molecule has 3 rings (SSSR count). The monoisotopic (exact) mass is 454 g/mol. The van der Waals surface area contributed by atoms with E-state index in [9.17, 15) is 18.0 Å². The van der Waals surface area contributed by atoms with Crippen molar-refractivity contribution in [2.45, 2.75) is 33.5 Å². The standard InChI is InChI=1S/C22H26ClF3N4O/c1-15(2)14-30-21(23)19(16(3)27-30)7-8-20(31)29-11-9-28(10-12-29)18-6-4-5-17(13-18)22(24,25)26/h4-8,13,15H,9-12,14H2,1-3H3/b8-7+. The molecular weight excluding hydrogens is 429 g/mol. The van der Waals surface area contributed by atoms with Crippen LogP contribution in [-0.4, -0.2) is 46.8 Å². The second kappa shape index (κ2) is 9.34. The summed E-state index contributed by atoms with van der Waals surface area (Å²) in [6.45, 7) is 8.48. The molecule has 0 N–H and O–H groups in total. The van der Waals surface area contributed by atoms with Crippen molar-refractivity contribution in [1.82, 2.24) is 14.7 Å². The van der Waals surface area contributed by atoms with Crippen molar-refractivity contribution >= 4 is 29.3 Å². The first-order valence-corrected chi connectivity index (χ1v) is 10.6. The normalized spacial score (nSPS) is 15.4. The molecule has 0 atom stereocenters. The Hall–Kier alpha value is -2.48. The molecule has 1 aromatic heterocycles. The van der Waals surface area contributed by atoms with Crippen LogP contribution in [0.4, 0.5) is 18.9 Å². The van der Waals surface area contributed by atoms with E-state index in [1.54, 1.807) is 21.7 Å². The average Bonchev–Trinajstić information content (AvgIpc) is 2.98. The van der Waals surface area contributed by atoms with Crippen LogP contribution in [0.15, 0.2) is 30.3 Å². The van der Waals surface area contributed by atoms with Gasteiger partial charge in [0, 0.05) is 50.1 Å². The number of piperazine rings is 1. The van der Waals surface area contributed by atoms with Gasteiger partial charge in [-0.25, -0.2) is 0 Å². The van der Waals surface area contributed by atoms with E-state index in [2.05, 4.69) is 18.9 Å². The minimum Gasteiger partial charge on any atom is -0.368 e. The van der Waals surface area contributed by atoms with Crippen molar-refractivity contribution in [3.63, 3.8) is 0 Å². The zero-order valence-electron chi connectivity index (χ0n) is 17.8. The molecular formula is C22H26ClF3N4O. The van der Waals surface area contributed by atoms with E-state index in [1.165, 1.54) is 12.1 Å². The van der Waals surface area contributed by atoms with Gasteiger partial charge in [-0.3, -0.25) is 9.48 Å². The molecule has 5 nitrogen and oxygen atoms in total. The Bertz CT molecular complexity index is 960. The summed E-state index contributed by atoms with van der Waals surface area (Å²) in [6.07, 6.45) is -1.21. The van der Waals surface area contributed by atoms with Crippen LogP contribution in [0.5, 0.6) is 0 Å². The number of nitrogens with zero attached hydrogens (tertiary/aromatic N) is 4. The predicted molar refractivity (Wildman–Crippen MR) is 116 cm³/mol. The van der Waals surface area contributed by atoms with Gasteiger partial charge in [0.05, 0.1) is 11.3 Å². The van der Waals surface area contributed by atoms with Crippen molar-refractivity contribution in [2.75, 3.05) is 31.1 Å². The van der Waals surface area contributed by atoms with Gasteiger partial charge in [0.2, 0.25) is 5.91 Å². The summed E-state index contributed by atoms with van der Waals surface area (Å²) < 4.78 is 40.6. The summed E-state index contributed by atoms with van der Waals surface area (Å²) >= 11 is 6.41. The van der Waals surface area contributed by atoms with Gasteiger partial charge in [0.1, 0.15) is 5.15 Å². The zero-order chi connectivity index (χ0) is 22.8. The summed E-state index contributed by atoms with van der Waals surface area (Å²) in [6, 6.07) is 5.28. The third kappa shape index (κ3) is 5.61. The molecule has 0 aliphatic carbocycles. The maximum absolute atomic E-state index is 13.0. The van der Waals surface area contributed by atoms with E-state index < -0.39 is 11.7 Å². The first-order chi connectivity index (χ1) is 14.6. The molecule has 0 radical (unpaired) electrons. The van der Waals surface area contributed by atoms with Crippen LogP contribution < -0.4 is 4.90 Å². The predicted octanol–water partition coefficient (Wildman–Crippen LogP) is 4.88. The second-order valence-electron chi connectivity index (χ2n) is 8.06. The van der Waals surface area contributed by atoms with Crippen LogP contribution in [0.25, 0.3) is 6.08 Å². The number of anilines is 1. The Morgan fingerprint density at radius 3 is 2.52 bits per heavy atom. The van der Waals surface area contributed by atoms with Gasteiger partial charge in [-0.1, -0.05) is 31.5 Å². The summed E-state index contributed by atoms with van der Waals surface area (Å²) in [4.78, 5) is 16.2. The minimum absolute atomic E-state index is 0.157. The molecule has 0 bridgehead atoms. The van der Waals surface area contributed by atoms with E-state index in [0.717, 1.165) is 23.4 Å². The number of aromatic nitrogens is 2. The van der Waals surface area contributed by atoms with Crippen LogP contribution >= 0.6 is 11.6 Å². The highest BCUT2D eigenvalue weighted by Gasteiger charge is 2.31. The second-order valence-corrected chi connectivity index (χ2v) is 8.42. The van der Waals surface area contributed by atoms with Crippen molar-refractivity contribution in [3.8, 4) is 0 Å². The van der Waals surface area contributed by atoms with Crippen molar-refractivity contribution in [2.24, 2.45) is 5.92 Å². The molecule has 1 saturated heterocycles. The van der Waals surface area contributed by atoms with Gasteiger partial charge in [-0.2, -0.15) is 18.3 Å². The molecule has 2 heterocycles. The Kier molecular flexibility index (Phi) is 6.99. The molecule has 1 aliphatic heterocycles. The van der Waals surface area contributed by atoms with Crippen molar-refractivity contribution in [3.05, 3.63) is 52.3 Å². The number of halogens is 4. The number of aryl methyl sites for hydroxylation is 1. The van der Waals surface area contributed by atoms with Crippen LogP contribution in [0.2, 0.25) is 5.15 Å². The molecule has 2 aromatic rings. The Morgan fingerprint density at radius 1 is 1.23 bits per heavy atom. The fraction of sp³-hybridized carbons (Fsp3) is 0.455. The SMILES string of the molecule is Cc1nn(CC(C)C)c(Cl)c1/C=C/C(=O)N1CCN(c2cccc(C(F)(F)F)c2)CC1. The quantitative estimate of drug-likeness (QED) is 0.604. The molecule has 0 unspecified atom stereocenters. The zero-order valence-corrected chi connectivity index (χ0v) is 18.5. The number of carbonyl (C=O) groups is 1. The number of alkyl halides is 3. The first-order valence-electron chi connectivity index (χ1n) is 10.2. The fourth-order valence-corrected chi connectivity index (χ4v) is 3.85. The molecule has 0 spiro atoms. The van der Waals surface area contributed by atoms with Gasteiger partial charge in [-0.05, 0) is 37.1 Å². The highest BCUT2D eigenvalue weighted by atomic mass is 35.5. The third-order valence-corrected chi connectivity index (χ3v) is 5.57. The van der Waals surface area contributed by atoms with Gasteiger partial charge in [0.15, 0.2) is 0 Å². The van der Waals surface area contributed by atoms with Crippen molar-refractivity contribution in [1.29, 1.82) is 0 Å². The molecule has 1 fully saturated rings. The van der Waals surface area contributed by atoms with Crippen LogP contribution in [0.1, 0.15) is 30.7 Å². The lowest BCUT2D eigenvalue weighted by Crippen LogP contribution is -2.48.